The van der Waals surface area contributed by atoms with Crippen LogP contribution in [0, 0.1) is 5.41 Å². The van der Waals surface area contributed by atoms with E-state index in [0.717, 1.165) is 41.6 Å². The van der Waals surface area contributed by atoms with Crippen LogP contribution in [-0.4, -0.2) is 22.6 Å². The Balaban J connectivity index is 1.21. The molecule has 50 heavy (non-hydrogen) atoms. The lowest BCUT2D eigenvalue weighted by Crippen LogP contribution is -2.34. The number of ether oxygens (including phenoxy) is 1. The van der Waals surface area contributed by atoms with Gasteiger partial charge in [-0.3, -0.25) is 4.57 Å². The lowest BCUT2D eigenvalue weighted by molar-refractivity contribution is 0.225. The molecule has 4 aromatic carbocycles. The number of nitrogens with zero attached hydrogens (tertiary/aromatic N) is 4. The largest absolute Gasteiger partial charge is 0.457 e. The molecule has 0 saturated heterocycles. The van der Waals surface area contributed by atoms with Gasteiger partial charge in [0.1, 0.15) is 17.3 Å². The van der Waals surface area contributed by atoms with Gasteiger partial charge in [-0.15, -0.1) is 0 Å². The van der Waals surface area contributed by atoms with Crippen molar-refractivity contribution in [3.63, 3.8) is 0 Å². The highest BCUT2D eigenvalue weighted by atomic mass is 16.5. The lowest BCUT2D eigenvalue weighted by atomic mass is 9.71. The van der Waals surface area contributed by atoms with E-state index in [9.17, 15) is 0 Å². The summed E-state index contributed by atoms with van der Waals surface area (Å²) in [6, 6.07) is 36.9. The highest BCUT2D eigenvalue weighted by molar-refractivity contribution is 6.11. The number of hydrogen-bond donors (Lipinski definition) is 0. The molecule has 0 radical (unpaired) electrons. The molecule has 0 unspecified atom stereocenters. The van der Waals surface area contributed by atoms with Crippen LogP contribution in [0.25, 0.3) is 27.6 Å². The Morgan fingerprint density at radius 3 is 2.14 bits per heavy atom. The molecule has 3 heterocycles. The lowest BCUT2D eigenvalue weighted by Gasteiger charge is -2.35. The summed E-state index contributed by atoms with van der Waals surface area (Å²) in [6.07, 6.45) is 11.1. The minimum absolute atomic E-state index is 0.0131. The van der Waals surface area contributed by atoms with Crippen LogP contribution in [0.2, 0.25) is 0 Å². The van der Waals surface area contributed by atoms with Gasteiger partial charge in [-0.25, -0.2) is 4.98 Å². The Bertz CT molecular complexity index is 2180. The predicted molar refractivity (Wildman–Crippen MR) is 209 cm³/mol. The summed E-state index contributed by atoms with van der Waals surface area (Å²) in [7, 11) is 0. The molecule has 0 amide bonds. The van der Waals surface area contributed by atoms with Crippen LogP contribution in [0.15, 0.2) is 122 Å². The Morgan fingerprint density at radius 2 is 1.40 bits per heavy atom. The zero-order valence-electron chi connectivity index (χ0n) is 30.1. The molecule has 1 aliphatic heterocycles. The topological polar surface area (TPSA) is 33.5 Å². The maximum absolute atomic E-state index is 6.85. The maximum Gasteiger partial charge on any atom is 0.137 e. The zero-order valence-corrected chi connectivity index (χ0v) is 30.1. The van der Waals surface area contributed by atoms with Gasteiger partial charge in [-0.05, 0) is 102 Å². The average molecular weight is 661 g/mol. The minimum Gasteiger partial charge on any atom is -0.457 e. The van der Waals surface area contributed by atoms with E-state index in [1.54, 1.807) is 0 Å². The Kier molecular flexibility index (Phi) is 8.17. The number of benzene rings is 4. The summed E-state index contributed by atoms with van der Waals surface area (Å²) in [4.78, 5) is 9.56. The fourth-order valence-corrected chi connectivity index (χ4v) is 7.88. The first kappa shape index (κ1) is 32.2. The standard InChI is InChI=1S/C45H48N4O/c1-44(2,3)33-20-23-46-42(28-33)49-40-17-10-9-16-38(40)43-39(32-18-21-45(4,5)22-19-32)30-37(31-41(43)49)50-36-15-11-14-35(29-36)48-26-24-47(25-27-48)34-12-7-6-8-13-34/h6-17,20,23-24,26,28-32H,18-19,21-22,25,27H2,1-5H3. The van der Waals surface area contributed by atoms with Gasteiger partial charge in [0, 0.05) is 66.0 Å². The summed E-state index contributed by atoms with van der Waals surface area (Å²) in [5.41, 5.74) is 7.73. The van der Waals surface area contributed by atoms with E-state index < -0.39 is 0 Å². The van der Waals surface area contributed by atoms with Crippen LogP contribution in [0.5, 0.6) is 11.5 Å². The number of rotatable bonds is 6. The van der Waals surface area contributed by atoms with Crippen molar-refractivity contribution in [2.24, 2.45) is 5.41 Å². The molecule has 5 nitrogen and oxygen atoms in total. The van der Waals surface area contributed by atoms with Crippen molar-refractivity contribution in [1.29, 1.82) is 0 Å². The van der Waals surface area contributed by atoms with Gasteiger partial charge < -0.3 is 14.5 Å². The highest BCUT2D eigenvalue weighted by Crippen LogP contribution is 2.47. The maximum atomic E-state index is 6.85. The molecule has 1 saturated carbocycles. The summed E-state index contributed by atoms with van der Waals surface area (Å²) >= 11 is 0. The second kappa shape index (κ2) is 12.7. The van der Waals surface area contributed by atoms with Crippen molar-refractivity contribution in [2.45, 2.75) is 71.6 Å². The van der Waals surface area contributed by atoms with Gasteiger partial charge in [0.15, 0.2) is 0 Å². The Labute approximate surface area is 296 Å². The van der Waals surface area contributed by atoms with E-state index >= 15 is 0 Å². The number of aromatic nitrogens is 2. The van der Waals surface area contributed by atoms with Crippen molar-refractivity contribution in [3.05, 3.63) is 133 Å². The van der Waals surface area contributed by atoms with Crippen LogP contribution in [0.4, 0.5) is 11.4 Å². The van der Waals surface area contributed by atoms with E-state index in [1.807, 2.05) is 6.20 Å². The highest BCUT2D eigenvalue weighted by Gasteiger charge is 2.30. The van der Waals surface area contributed by atoms with E-state index in [-0.39, 0.29) is 5.41 Å². The first-order valence-electron chi connectivity index (χ1n) is 18.2. The number of pyridine rings is 1. The molecular weight excluding hydrogens is 613 g/mol. The second-order valence-corrected chi connectivity index (χ2v) is 16.0. The normalized spacial score (nSPS) is 16.7. The molecule has 0 N–H and O–H groups in total. The third-order valence-corrected chi connectivity index (χ3v) is 10.9. The summed E-state index contributed by atoms with van der Waals surface area (Å²) in [5, 5.41) is 2.61. The van der Waals surface area contributed by atoms with Gasteiger partial charge in [0.2, 0.25) is 0 Å². The molecule has 0 atom stereocenters. The smallest absolute Gasteiger partial charge is 0.137 e. The number of para-hydroxylation sites is 2. The van der Waals surface area contributed by atoms with Crippen molar-refractivity contribution >= 4 is 33.2 Å². The molecule has 5 heteroatoms. The second-order valence-electron chi connectivity index (χ2n) is 16.0. The molecule has 254 valence electrons. The van der Waals surface area contributed by atoms with Gasteiger partial charge in [0.05, 0.1) is 11.0 Å². The first-order chi connectivity index (χ1) is 24.1. The molecule has 0 bridgehead atoms. The van der Waals surface area contributed by atoms with Crippen LogP contribution in [0.1, 0.15) is 77.3 Å². The van der Waals surface area contributed by atoms with Crippen LogP contribution < -0.4 is 14.5 Å². The molecule has 0 spiro atoms. The van der Waals surface area contributed by atoms with Gasteiger partial charge in [-0.1, -0.05) is 77.1 Å². The van der Waals surface area contributed by atoms with Crippen molar-refractivity contribution in [2.75, 3.05) is 22.9 Å². The Hall–Kier alpha value is -5.03. The van der Waals surface area contributed by atoms with Gasteiger partial charge in [-0.2, -0.15) is 0 Å². The average Bonchev–Trinajstić information content (AvgIpc) is 3.46. The first-order valence-corrected chi connectivity index (χ1v) is 18.2. The fourth-order valence-electron chi connectivity index (χ4n) is 7.88. The van der Waals surface area contributed by atoms with Gasteiger partial charge in [0.25, 0.3) is 0 Å². The fraction of sp³-hybridized carbons (Fsp3) is 0.311. The molecule has 6 aromatic rings. The molecule has 8 rings (SSSR count). The van der Waals surface area contributed by atoms with Crippen molar-refractivity contribution < 1.29 is 4.74 Å². The minimum atomic E-state index is 0.0131. The molecule has 2 aromatic heterocycles. The summed E-state index contributed by atoms with van der Waals surface area (Å²) in [6.45, 7) is 13.4. The third kappa shape index (κ3) is 6.26. The summed E-state index contributed by atoms with van der Waals surface area (Å²) < 4.78 is 9.21. The molecule has 1 fully saturated rings. The summed E-state index contributed by atoms with van der Waals surface area (Å²) in [5.74, 6) is 3.13. The van der Waals surface area contributed by atoms with Crippen molar-refractivity contribution in [1.82, 2.24) is 9.55 Å². The van der Waals surface area contributed by atoms with E-state index in [2.05, 4.69) is 165 Å². The number of anilines is 2. The molecular formula is C45H48N4O. The molecule has 1 aliphatic carbocycles. The number of hydrogen-bond acceptors (Lipinski definition) is 4. The van der Waals surface area contributed by atoms with Crippen molar-refractivity contribution in [3.8, 4) is 17.3 Å². The van der Waals surface area contributed by atoms with E-state index in [0.29, 0.717) is 11.3 Å². The third-order valence-electron chi connectivity index (χ3n) is 10.9. The SMILES string of the molecule is CC1(C)CCC(c2cc(Oc3cccc(N4C=CN(c5ccccc5)CC4)c3)cc3c2c2ccccc2n3-c2cc(C(C)(C)C)ccn2)CC1. The van der Waals surface area contributed by atoms with Gasteiger partial charge >= 0.3 is 0 Å². The Morgan fingerprint density at radius 1 is 0.700 bits per heavy atom. The van der Waals surface area contributed by atoms with E-state index in [4.69, 9.17) is 9.72 Å². The molecule has 2 aliphatic rings. The van der Waals surface area contributed by atoms with E-state index in [1.165, 1.54) is 58.8 Å². The van der Waals surface area contributed by atoms with Crippen LogP contribution in [0.3, 0.4) is 0 Å². The number of fused-ring (bicyclic) bond motifs is 3. The van der Waals surface area contributed by atoms with Crippen LogP contribution in [-0.2, 0) is 5.41 Å². The predicted octanol–water partition coefficient (Wildman–Crippen LogP) is 11.8. The quantitative estimate of drug-likeness (QED) is 0.178. The van der Waals surface area contributed by atoms with Crippen LogP contribution >= 0.6 is 0 Å². The zero-order chi connectivity index (χ0) is 34.5. The monoisotopic (exact) mass is 660 g/mol.